The molecule has 33 heavy (non-hydrogen) atoms. The lowest BCUT2D eigenvalue weighted by atomic mass is 10.1. The number of fused-ring (bicyclic) bond motifs is 1. The Morgan fingerprint density at radius 3 is 2.61 bits per heavy atom. The topological polar surface area (TPSA) is 106 Å². The van der Waals surface area contributed by atoms with Gasteiger partial charge in [-0.05, 0) is 32.0 Å². The Bertz CT molecular complexity index is 1250. The first-order chi connectivity index (χ1) is 15.4. The van der Waals surface area contributed by atoms with Gasteiger partial charge in [-0.2, -0.15) is 17.6 Å². The number of carbonyl (C=O) groups is 1. The van der Waals surface area contributed by atoms with Gasteiger partial charge in [0.15, 0.2) is 17.3 Å². The van der Waals surface area contributed by atoms with Gasteiger partial charge in [0.2, 0.25) is 11.5 Å². The molecule has 8 nitrogen and oxygen atoms in total. The molecule has 3 aromatic rings. The molecule has 0 spiro atoms. The second-order valence-electron chi connectivity index (χ2n) is 7.57. The maximum absolute atomic E-state index is 14.5. The van der Waals surface area contributed by atoms with Crippen LogP contribution in [0.2, 0.25) is 0 Å². The van der Waals surface area contributed by atoms with Gasteiger partial charge in [-0.3, -0.25) is 4.79 Å². The van der Waals surface area contributed by atoms with Crippen molar-refractivity contribution in [3.8, 4) is 5.75 Å². The SMILES string of the molecule is COc1c(N2[C@@H](c3nc4c(C(N)=O)nccc4[nH]3)[C@@H](C)OC2(C)C(F)(F)F)ccc(F)c1F. The molecule has 1 aromatic carbocycles. The summed E-state index contributed by atoms with van der Waals surface area (Å²) in [6, 6.07) is 1.85. The fourth-order valence-electron chi connectivity index (χ4n) is 4.07. The van der Waals surface area contributed by atoms with Gasteiger partial charge in [-0.15, -0.1) is 0 Å². The van der Waals surface area contributed by atoms with E-state index in [4.69, 9.17) is 15.2 Å². The number of alkyl halides is 3. The summed E-state index contributed by atoms with van der Waals surface area (Å²) in [6.07, 6.45) is -4.81. The number of amides is 1. The van der Waals surface area contributed by atoms with Crippen LogP contribution in [0.1, 0.15) is 36.2 Å². The van der Waals surface area contributed by atoms with Gasteiger partial charge >= 0.3 is 6.18 Å². The van der Waals surface area contributed by atoms with E-state index in [1.54, 1.807) is 0 Å². The molecule has 3 atom stereocenters. The summed E-state index contributed by atoms with van der Waals surface area (Å²) in [5.74, 6) is -4.40. The zero-order valence-corrected chi connectivity index (χ0v) is 17.5. The number of halogens is 5. The highest BCUT2D eigenvalue weighted by molar-refractivity contribution is 6.02. The van der Waals surface area contributed by atoms with Crippen molar-refractivity contribution in [1.82, 2.24) is 15.0 Å². The smallest absolute Gasteiger partial charge is 0.436 e. The number of ether oxygens (including phenoxy) is 2. The maximum atomic E-state index is 14.5. The number of H-pyrrole nitrogens is 1. The first-order valence-corrected chi connectivity index (χ1v) is 9.61. The molecule has 0 saturated carbocycles. The second kappa shape index (κ2) is 7.54. The van der Waals surface area contributed by atoms with Crippen LogP contribution in [0.25, 0.3) is 11.0 Å². The number of primary amides is 1. The number of aromatic amines is 1. The highest BCUT2D eigenvalue weighted by atomic mass is 19.4. The molecule has 1 fully saturated rings. The lowest BCUT2D eigenvalue weighted by molar-refractivity contribution is -0.261. The maximum Gasteiger partial charge on any atom is 0.436 e. The molecule has 0 aliphatic carbocycles. The lowest BCUT2D eigenvalue weighted by Crippen LogP contribution is -2.55. The van der Waals surface area contributed by atoms with Crippen LogP contribution in [-0.4, -0.2) is 46.0 Å². The van der Waals surface area contributed by atoms with Gasteiger partial charge in [0, 0.05) is 6.20 Å². The number of pyridine rings is 1. The number of nitrogens with one attached hydrogen (secondary N) is 1. The molecule has 3 heterocycles. The van der Waals surface area contributed by atoms with Crippen molar-refractivity contribution < 1.29 is 36.2 Å². The third-order valence-electron chi connectivity index (χ3n) is 5.55. The Kier molecular flexibility index (Phi) is 5.19. The molecule has 1 saturated heterocycles. The van der Waals surface area contributed by atoms with Crippen molar-refractivity contribution in [3.05, 3.63) is 47.5 Å². The van der Waals surface area contributed by atoms with Crippen molar-refractivity contribution in [3.63, 3.8) is 0 Å². The van der Waals surface area contributed by atoms with E-state index in [9.17, 15) is 26.7 Å². The van der Waals surface area contributed by atoms with Crippen molar-refractivity contribution >= 4 is 22.6 Å². The number of benzene rings is 1. The molecular formula is C20H18F5N5O3. The number of nitrogens with zero attached hydrogens (tertiary/aromatic N) is 3. The molecule has 1 unspecified atom stereocenters. The van der Waals surface area contributed by atoms with Gasteiger partial charge in [0.05, 0.1) is 24.4 Å². The van der Waals surface area contributed by atoms with E-state index in [2.05, 4.69) is 15.0 Å². The van der Waals surface area contributed by atoms with Gasteiger partial charge in [-0.25, -0.2) is 14.4 Å². The number of aromatic nitrogens is 3. The Morgan fingerprint density at radius 2 is 2.00 bits per heavy atom. The minimum absolute atomic E-state index is 0.0345. The normalized spacial score (nSPS) is 23.3. The number of methoxy groups -OCH3 is 1. The van der Waals surface area contributed by atoms with Crippen LogP contribution in [0.4, 0.5) is 27.6 Å². The molecule has 4 rings (SSSR count). The van der Waals surface area contributed by atoms with E-state index < -0.39 is 53.0 Å². The van der Waals surface area contributed by atoms with Crippen LogP contribution in [-0.2, 0) is 4.74 Å². The van der Waals surface area contributed by atoms with E-state index >= 15 is 0 Å². The Balaban J connectivity index is 1.98. The van der Waals surface area contributed by atoms with Gasteiger partial charge in [-0.1, -0.05) is 0 Å². The predicted molar refractivity (Wildman–Crippen MR) is 106 cm³/mol. The summed E-state index contributed by atoms with van der Waals surface area (Å²) in [7, 11) is 1.01. The predicted octanol–water partition coefficient (Wildman–Crippen LogP) is 3.59. The molecule has 13 heteroatoms. The summed E-state index contributed by atoms with van der Waals surface area (Å²) in [4.78, 5) is 23.4. The first-order valence-electron chi connectivity index (χ1n) is 9.61. The van der Waals surface area contributed by atoms with E-state index in [1.165, 1.54) is 19.2 Å². The van der Waals surface area contributed by atoms with Crippen LogP contribution in [0, 0.1) is 11.6 Å². The summed E-state index contributed by atoms with van der Waals surface area (Å²) < 4.78 is 81.3. The molecule has 0 radical (unpaired) electrons. The van der Waals surface area contributed by atoms with Crippen molar-refractivity contribution in [1.29, 1.82) is 0 Å². The third kappa shape index (κ3) is 3.34. The Hall–Kier alpha value is -3.48. The van der Waals surface area contributed by atoms with Gasteiger partial charge in [0.1, 0.15) is 17.4 Å². The average molecular weight is 471 g/mol. The fourth-order valence-corrected chi connectivity index (χ4v) is 4.07. The van der Waals surface area contributed by atoms with Gasteiger partial charge < -0.3 is 25.1 Å². The standard InChI is InChI=1S/C20H18F5N5O3/c1-8-15(18-28-10-6-7-27-14(17(26)31)13(10)29-18)30(19(2,33-8)20(23,24)25)11-5-4-9(21)12(22)16(11)32-3/h4-8,15H,1-3H3,(H2,26,31)(H,28,29)/t8-,15-,19?/m1/s1. The van der Waals surface area contributed by atoms with Crippen molar-refractivity contribution in [2.24, 2.45) is 5.73 Å². The zero-order chi connectivity index (χ0) is 24.3. The minimum Gasteiger partial charge on any atom is -0.491 e. The number of imidazole rings is 1. The zero-order valence-electron chi connectivity index (χ0n) is 17.5. The summed E-state index contributed by atoms with van der Waals surface area (Å²) >= 11 is 0. The van der Waals surface area contributed by atoms with Crippen molar-refractivity contribution in [2.45, 2.75) is 37.9 Å². The number of hydrogen-bond donors (Lipinski definition) is 2. The summed E-state index contributed by atoms with van der Waals surface area (Å²) in [5, 5.41) is 0. The molecule has 2 aromatic heterocycles. The highest BCUT2D eigenvalue weighted by Crippen LogP contribution is 2.53. The number of hydrogen-bond acceptors (Lipinski definition) is 6. The fraction of sp³-hybridized carbons (Fsp3) is 0.350. The molecule has 0 bridgehead atoms. The average Bonchev–Trinajstić information content (AvgIpc) is 3.27. The van der Waals surface area contributed by atoms with Crippen LogP contribution in [0.15, 0.2) is 24.4 Å². The molecule has 3 N–H and O–H groups in total. The third-order valence-corrected chi connectivity index (χ3v) is 5.55. The van der Waals surface area contributed by atoms with Crippen LogP contribution in [0.3, 0.4) is 0 Å². The second-order valence-corrected chi connectivity index (χ2v) is 7.57. The lowest BCUT2D eigenvalue weighted by Gasteiger charge is -2.39. The first kappa shape index (κ1) is 22.7. The number of anilines is 1. The Labute approximate surface area is 183 Å². The Morgan fingerprint density at radius 1 is 1.30 bits per heavy atom. The number of nitrogens with two attached hydrogens (primary N) is 1. The van der Waals surface area contributed by atoms with E-state index in [-0.39, 0.29) is 17.0 Å². The molecule has 1 amide bonds. The van der Waals surface area contributed by atoms with Crippen LogP contribution in [0.5, 0.6) is 5.75 Å². The number of rotatable bonds is 4. The molecule has 176 valence electrons. The van der Waals surface area contributed by atoms with E-state index in [1.807, 2.05) is 0 Å². The molecule has 1 aliphatic heterocycles. The van der Waals surface area contributed by atoms with Gasteiger partial charge in [0.25, 0.3) is 5.91 Å². The van der Waals surface area contributed by atoms with E-state index in [0.29, 0.717) is 11.6 Å². The summed E-state index contributed by atoms with van der Waals surface area (Å²) in [6.45, 7) is 2.14. The quantitative estimate of drug-likeness (QED) is 0.564. The molecular weight excluding hydrogens is 453 g/mol. The van der Waals surface area contributed by atoms with Crippen LogP contribution >= 0.6 is 0 Å². The monoisotopic (exact) mass is 471 g/mol. The largest absolute Gasteiger partial charge is 0.491 e. The highest BCUT2D eigenvalue weighted by Gasteiger charge is 2.65. The van der Waals surface area contributed by atoms with Crippen molar-refractivity contribution in [2.75, 3.05) is 12.0 Å². The number of carbonyl (C=O) groups excluding carboxylic acids is 1. The minimum atomic E-state index is -4.96. The molecule has 1 aliphatic rings. The summed E-state index contributed by atoms with van der Waals surface area (Å²) in [5.41, 5.74) is 2.11. The van der Waals surface area contributed by atoms with E-state index in [0.717, 1.165) is 25.0 Å². The van der Waals surface area contributed by atoms with Crippen LogP contribution < -0.4 is 15.4 Å².